The van der Waals surface area contributed by atoms with E-state index in [4.69, 9.17) is 0 Å². The normalized spacial score (nSPS) is 12.2. The van der Waals surface area contributed by atoms with Gasteiger partial charge in [-0.25, -0.2) is 9.97 Å². The molecule has 0 spiro atoms. The Morgan fingerprint density at radius 1 is 1.10 bits per heavy atom. The minimum absolute atomic E-state index is 0.722. The molecule has 0 bridgehead atoms. The van der Waals surface area contributed by atoms with Crippen molar-refractivity contribution < 1.29 is 4.21 Å². The Morgan fingerprint density at radius 2 is 1.65 bits per heavy atom. The average Bonchev–Trinajstić information content (AvgIpc) is 2.38. The Bertz CT molecular complexity index is 605. The summed E-state index contributed by atoms with van der Waals surface area (Å²) in [4.78, 5) is 11.7. The summed E-state index contributed by atoms with van der Waals surface area (Å²) >= 11 is 0. The van der Waals surface area contributed by atoms with Crippen LogP contribution in [0.4, 0.5) is 5.95 Å². The van der Waals surface area contributed by atoms with Gasteiger partial charge in [0.15, 0.2) is 0 Å². The van der Waals surface area contributed by atoms with Crippen LogP contribution in [0, 0.1) is 13.8 Å². The number of rotatable bonds is 4. The molecule has 0 saturated carbocycles. The Hall–Kier alpha value is -1.75. The van der Waals surface area contributed by atoms with Crippen molar-refractivity contribution in [1.29, 1.82) is 0 Å². The first-order valence-electron chi connectivity index (χ1n) is 6.41. The van der Waals surface area contributed by atoms with Crippen molar-refractivity contribution in [3.63, 3.8) is 0 Å². The fraction of sp³-hybridized carbons (Fsp3) is 0.333. The van der Waals surface area contributed by atoms with Crippen molar-refractivity contribution in [3.05, 3.63) is 47.3 Å². The fourth-order valence-electron chi connectivity index (χ4n) is 2.01. The number of aromatic nitrogens is 2. The molecule has 1 atom stereocenters. The first-order chi connectivity index (χ1) is 9.45. The van der Waals surface area contributed by atoms with Gasteiger partial charge in [-0.3, -0.25) is 4.21 Å². The highest BCUT2D eigenvalue weighted by molar-refractivity contribution is 7.84. The lowest BCUT2D eigenvalue weighted by molar-refractivity contribution is 0.686. The van der Waals surface area contributed by atoms with Crippen LogP contribution < -0.4 is 4.90 Å². The maximum atomic E-state index is 11.4. The van der Waals surface area contributed by atoms with Gasteiger partial charge in [-0.15, -0.1) is 0 Å². The van der Waals surface area contributed by atoms with Gasteiger partial charge < -0.3 is 4.90 Å². The molecule has 4 nitrogen and oxygen atoms in total. The lowest BCUT2D eigenvalue weighted by Crippen LogP contribution is -2.19. The lowest BCUT2D eigenvalue weighted by atomic mass is 10.2. The number of anilines is 1. The zero-order valence-electron chi connectivity index (χ0n) is 12.3. The minimum atomic E-state index is -0.930. The van der Waals surface area contributed by atoms with E-state index >= 15 is 0 Å². The number of aryl methyl sites for hydroxylation is 2. The molecule has 0 aliphatic heterocycles. The third-order valence-corrected chi connectivity index (χ3v) is 3.92. The second-order valence-corrected chi connectivity index (χ2v) is 6.28. The van der Waals surface area contributed by atoms with Gasteiger partial charge in [0.1, 0.15) is 0 Å². The number of benzene rings is 1. The van der Waals surface area contributed by atoms with Crippen LogP contribution in [0.1, 0.15) is 17.0 Å². The molecule has 1 aromatic heterocycles. The van der Waals surface area contributed by atoms with Gasteiger partial charge in [0.05, 0.1) is 0 Å². The molecule has 2 rings (SSSR count). The number of hydrogen-bond donors (Lipinski definition) is 0. The van der Waals surface area contributed by atoms with Crippen LogP contribution in [-0.4, -0.2) is 27.5 Å². The summed E-state index contributed by atoms with van der Waals surface area (Å²) in [5, 5.41) is 0. The van der Waals surface area contributed by atoms with Crippen LogP contribution in [0.15, 0.2) is 35.2 Å². The second-order valence-electron chi connectivity index (χ2n) is 4.90. The van der Waals surface area contributed by atoms with Gasteiger partial charge in [0.25, 0.3) is 0 Å². The Morgan fingerprint density at radius 3 is 2.15 bits per heavy atom. The molecule has 1 heterocycles. The van der Waals surface area contributed by atoms with E-state index in [1.807, 2.05) is 56.1 Å². The summed E-state index contributed by atoms with van der Waals surface area (Å²) in [7, 11) is 1.04. The summed E-state index contributed by atoms with van der Waals surface area (Å²) in [5.41, 5.74) is 3.08. The van der Waals surface area contributed by atoms with E-state index in [0.29, 0.717) is 0 Å². The molecule has 0 aliphatic carbocycles. The molecular weight excluding hydrogens is 270 g/mol. The molecule has 1 unspecified atom stereocenters. The van der Waals surface area contributed by atoms with Crippen molar-refractivity contribution >= 4 is 16.7 Å². The van der Waals surface area contributed by atoms with E-state index in [-0.39, 0.29) is 0 Å². The third kappa shape index (κ3) is 3.63. The van der Waals surface area contributed by atoms with Crippen molar-refractivity contribution in [3.8, 4) is 0 Å². The van der Waals surface area contributed by atoms with Crippen molar-refractivity contribution in [1.82, 2.24) is 9.97 Å². The molecule has 0 N–H and O–H groups in total. The van der Waals surface area contributed by atoms with Gasteiger partial charge in [0, 0.05) is 46.9 Å². The van der Waals surface area contributed by atoms with Gasteiger partial charge in [0.2, 0.25) is 5.95 Å². The molecule has 0 amide bonds. The minimum Gasteiger partial charge on any atom is -0.340 e. The predicted molar refractivity (Wildman–Crippen MR) is 82.4 cm³/mol. The SMILES string of the molecule is Cc1cc(C)nc(N(C)Cc2ccc(S(C)=O)cc2)n1. The van der Waals surface area contributed by atoms with Crippen molar-refractivity contribution in [2.45, 2.75) is 25.3 Å². The maximum absolute atomic E-state index is 11.4. The van der Waals surface area contributed by atoms with E-state index in [0.717, 1.165) is 34.3 Å². The molecule has 0 aliphatic rings. The highest BCUT2D eigenvalue weighted by Gasteiger charge is 2.07. The largest absolute Gasteiger partial charge is 0.340 e. The number of nitrogens with zero attached hydrogens (tertiary/aromatic N) is 3. The molecule has 0 fully saturated rings. The van der Waals surface area contributed by atoms with Crippen LogP contribution >= 0.6 is 0 Å². The summed E-state index contributed by atoms with van der Waals surface area (Å²) in [6.07, 6.45) is 1.69. The van der Waals surface area contributed by atoms with E-state index in [2.05, 4.69) is 9.97 Å². The van der Waals surface area contributed by atoms with E-state index < -0.39 is 10.8 Å². The molecule has 2 aromatic rings. The van der Waals surface area contributed by atoms with Crippen molar-refractivity contribution in [2.24, 2.45) is 0 Å². The molecule has 0 radical (unpaired) electrons. The smallest absolute Gasteiger partial charge is 0.225 e. The average molecular weight is 289 g/mol. The van der Waals surface area contributed by atoms with Crippen LogP contribution in [0.3, 0.4) is 0 Å². The lowest BCUT2D eigenvalue weighted by Gasteiger charge is -2.18. The van der Waals surface area contributed by atoms with Crippen LogP contribution in [0.25, 0.3) is 0 Å². The van der Waals surface area contributed by atoms with E-state index in [1.54, 1.807) is 6.26 Å². The first-order valence-corrected chi connectivity index (χ1v) is 7.97. The Labute approximate surface area is 122 Å². The molecule has 0 saturated heterocycles. The standard InChI is InChI=1S/C15H19N3OS/c1-11-9-12(2)17-15(16-11)18(3)10-13-5-7-14(8-6-13)20(4)19/h5-9H,10H2,1-4H3. The summed E-state index contributed by atoms with van der Waals surface area (Å²) in [5.74, 6) is 0.727. The Kier molecular flexibility index (Phi) is 4.49. The second kappa shape index (κ2) is 6.13. The van der Waals surface area contributed by atoms with E-state index in [1.165, 1.54) is 0 Å². The quantitative estimate of drug-likeness (QED) is 0.867. The highest BCUT2D eigenvalue weighted by Crippen LogP contribution is 2.13. The first kappa shape index (κ1) is 14.7. The van der Waals surface area contributed by atoms with Gasteiger partial charge in [-0.05, 0) is 37.6 Å². The van der Waals surface area contributed by atoms with Crippen LogP contribution in [-0.2, 0) is 17.3 Å². The highest BCUT2D eigenvalue weighted by atomic mass is 32.2. The Balaban J connectivity index is 2.14. The molecule has 106 valence electrons. The monoisotopic (exact) mass is 289 g/mol. The molecule has 1 aromatic carbocycles. The fourth-order valence-corrected chi connectivity index (χ4v) is 2.53. The molecular formula is C15H19N3OS. The maximum Gasteiger partial charge on any atom is 0.225 e. The zero-order valence-corrected chi connectivity index (χ0v) is 13.1. The van der Waals surface area contributed by atoms with Crippen LogP contribution in [0.5, 0.6) is 0 Å². The van der Waals surface area contributed by atoms with Crippen LogP contribution in [0.2, 0.25) is 0 Å². The van der Waals surface area contributed by atoms with Gasteiger partial charge in [-0.2, -0.15) is 0 Å². The topological polar surface area (TPSA) is 46.1 Å². The third-order valence-electron chi connectivity index (χ3n) is 2.99. The van der Waals surface area contributed by atoms with Gasteiger partial charge >= 0.3 is 0 Å². The zero-order chi connectivity index (χ0) is 14.7. The summed E-state index contributed by atoms with van der Waals surface area (Å²) in [6, 6.07) is 9.76. The molecule has 20 heavy (non-hydrogen) atoms. The van der Waals surface area contributed by atoms with E-state index in [9.17, 15) is 4.21 Å². The number of hydrogen-bond acceptors (Lipinski definition) is 4. The van der Waals surface area contributed by atoms with Gasteiger partial charge in [-0.1, -0.05) is 12.1 Å². The summed E-state index contributed by atoms with van der Waals surface area (Å²) < 4.78 is 11.4. The summed E-state index contributed by atoms with van der Waals surface area (Å²) in [6.45, 7) is 4.66. The molecule has 5 heteroatoms. The predicted octanol–water partition coefficient (Wildman–Crippen LogP) is 2.47. The van der Waals surface area contributed by atoms with Crippen molar-refractivity contribution in [2.75, 3.05) is 18.2 Å².